The number of phenols is 1. The van der Waals surface area contributed by atoms with Gasteiger partial charge in [-0.25, -0.2) is 0 Å². The fourth-order valence-electron chi connectivity index (χ4n) is 2.06. The van der Waals surface area contributed by atoms with Crippen LogP contribution in [0.4, 0.5) is 5.69 Å². The first-order valence-electron chi connectivity index (χ1n) is 7.15. The number of methoxy groups -OCH3 is 1. The van der Waals surface area contributed by atoms with Gasteiger partial charge >= 0.3 is 0 Å². The van der Waals surface area contributed by atoms with Gasteiger partial charge in [0.25, 0.3) is 0 Å². The summed E-state index contributed by atoms with van der Waals surface area (Å²) in [5.41, 5.74) is 3.07. The minimum Gasteiger partial charge on any atom is -0.504 e. The molecule has 1 atom stereocenters. The molecule has 1 N–H and O–H groups in total. The summed E-state index contributed by atoms with van der Waals surface area (Å²) >= 11 is 0. The van der Waals surface area contributed by atoms with Gasteiger partial charge in [-0.3, -0.25) is 4.99 Å². The van der Waals surface area contributed by atoms with Crippen molar-refractivity contribution in [3.8, 4) is 11.5 Å². The number of ether oxygens (including phenoxy) is 1. The van der Waals surface area contributed by atoms with Gasteiger partial charge in [0.1, 0.15) is 0 Å². The lowest BCUT2D eigenvalue weighted by molar-refractivity contribution is 0.373. The number of aromatic hydroxyl groups is 1. The van der Waals surface area contributed by atoms with Crippen LogP contribution >= 0.6 is 0 Å². The maximum Gasteiger partial charge on any atom is 0.160 e. The Balaban J connectivity index is 2.12. The van der Waals surface area contributed by atoms with Crippen LogP contribution in [0.15, 0.2) is 47.5 Å². The van der Waals surface area contributed by atoms with E-state index in [-0.39, 0.29) is 5.75 Å². The van der Waals surface area contributed by atoms with Crippen molar-refractivity contribution in [2.45, 2.75) is 26.2 Å². The second-order valence-corrected chi connectivity index (χ2v) is 5.09. The van der Waals surface area contributed by atoms with Gasteiger partial charge < -0.3 is 9.84 Å². The Kier molecular flexibility index (Phi) is 4.99. The van der Waals surface area contributed by atoms with Crippen molar-refractivity contribution < 1.29 is 9.84 Å². The highest BCUT2D eigenvalue weighted by Gasteiger charge is 2.02. The van der Waals surface area contributed by atoms with E-state index in [1.807, 2.05) is 18.2 Å². The van der Waals surface area contributed by atoms with Gasteiger partial charge in [0.05, 0.1) is 12.8 Å². The van der Waals surface area contributed by atoms with Crippen LogP contribution < -0.4 is 4.74 Å². The van der Waals surface area contributed by atoms with Crippen molar-refractivity contribution in [3.05, 3.63) is 53.6 Å². The second kappa shape index (κ2) is 6.93. The molecule has 110 valence electrons. The SMILES string of the molecule is CCC(C)c1ccc(N=Cc2ccc(OC)c(O)c2)cc1. The van der Waals surface area contributed by atoms with E-state index < -0.39 is 0 Å². The summed E-state index contributed by atoms with van der Waals surface area (Å²) in [5, 5.41) is 9.73. The molecule has 0 amide bonds. The molecule has 0 aromatic heterocycles. The molecule has 0 aliphatic rings. The maximum atomic E-state index is 9.73. The third kappa shape index (κ3) is 3.85. The number of rotatable bonds is 5. The summed E-state index contributed by atoms with van der Waals surface area (Å²) < 4.78 is 5.01. The monoisotopic (exact) mass is 283 g/mol. The van der Waals surface area contributed by atoms with Crippen molar-refractivity contribution in [2.24, 2.45) is 4.99 Å². The van der Waals surface area contributed by atoms with Gasteiger partial charge in [-0.1, -0.05) is 26.0 Å². The molecule has 3 heteroatoms. The molecular formula is C18H21NO2. The van der Waals surface area contributed by atoms with Crippen molar-refractivity contribution in [1.82, 2.24) is 0 Å². The van der Waals surface area contributed by atoms with Crippen LogP contribution in [0.2, 0.25) is 0 Å². The first kappa shape index (κ1) is 15.1. The standard InChI is InChI=1S/C18H21NO2/c1-4-13(2)15-6-8-16(9-7-15)19-12-14-5-10-18(21-3)17(20)11-14/h5-13,20H,4H2,1-3H3. The summed E-state index contributed by atoms with van der Waals surface area (Å²) in [4.78, 5) is 4.42. The van der Waals surface area contributed by atoms with E-state index in [1.165, 1.54) is 12.7 Å². The minimum atomic E-state index is 0.119. The second-order valence-electron chi connectivity index (χ2n) is 5.09. The molecule has 3 nitrogen and oxygen atoms in total. The number of hydrogen-bond acceptors (Lipinski definition) is 3. The van der Waals surface area contributed by atoms with Gasteiger partial charge in [-0.15, -0.1) is 0 Å². The molecule has 1 unspecified atom stereocenters. The summed E-state index contributed by atoms with van der Waals surface area (Å²) in [6.07, 6.45) is 2.87. The van der Waals surface area contributed by atoms with Crippen LogP contribution in [-0.2, 0) is 0 Å². The number of nitrogens with zero attached hydrogens (tertiary/aromatic N) is 1. The van der Waals surface area contributed by atoms with E-state index in [4.69, 9.17) is 4.74 Å². The predicted octanol–water partition coefficient (Wildman–Crippen LogP) is 4.66. The Morgan fingerprint density at radius 2 is 1.90 bits per heavy atom. The topological polar surface area (TPSA) is 41.8 Å². The van der Waals surface area contributed by atoms with Crippen LogP contribution in [-0.4, -0.2) is 18.4 Å². The maximum absolute atomic E-state index is 9.73. The highest BCUT2D eigenvalue weighted by atomic mass is 16.5. The van der Waals surface area contributed by atoms with E-state index in [0.717, 1.165) is 17.7 Å². The van der Waals surface area contributed by atoms with E-state index in [2.05, 4.69) is 31.0 Å². The molecule has 0 radical (unpaired) electrons. The molecule has 0 bridgehead atoms. The first-order valence-corrected chi connectivity index (χ1v) is 7.15. The number of hydrogen-bond donors (Lipinski definition) is 1. The average molecular weight is 283 g/mol. The summed E-state index contributed by atoms with van der Waals surface area (Å²) in [5.74, 6) is 1.15. The molecule has 2 aromatic carbocycles. The quantitative estimate of drug-likeness (QED) is 0.810. The molecule has 0 saturated heterocycles. The number of aliphatic imine (C=N–C) groups is 1. The number of phenolic OH excluding ortho intramolecular Hbond substituents is 1. The molecular weight excluding hydrogens is 262 g/mol. The molecule has 0 saturated carbocycles. The lowest BCUT2D eigenvalue weighted by Crippen LogP contribution is -1.89. The molecule has 2 aromatic rings. The Labute approximate surface area is 125 Å². The van der Waals surface area contributed by atoms with Crippen LogP contribution in [0.5, 0.6) is 11.5 Å². The molecule has 0 aliphatic carbocycles. The normalized spacial score (nSPS) is 12.5. The smallest absolute Gasteiger partial charge is 0.160 e. The Bertz CT molecular complexity index is 618. The zero-order valence-corrected chi connectivity index (χ0v) is 12.7. The van der Waals surface area contributed by atoms with E-state index in [0.29, 0.717) is 11.7 Å². The zero-order chi connectivity index (χ0) is 15.2. The van der Waals surface area contributed by atoms with Crippen molar-refractivity contribution in [1.29, 1.82) is 0 Å². The Morgan fingerprint density at radius 3 is 2.48 bits per heavy atom. The Hall–Kier alpha value is -2.29. The lowest BCUT2D eigenvalue weighted by Gasteiger charge is -2.08. The zero-order valence-electron chi connectivity index (χ0n) is 12.7. The molecule has 2 rings (SSSR count). The number of benzene rings is 2. The predicted molar refractivity (Wildman–Crippen MR) is 87.1 cm³/mol. The van der Waals surface area contributed by atoms with E-state index in [9.17, 15) is 5.11 Å². The van der Waals surface area contributed by atoms with Gasteiger partial charge in [0.15, 0.2) is 11.5 Å². The minimum absolute atomic E-state index is 0.119. The highest BCUT2D eigenvalue weighted by molar-refractivity contribution is 5.83. The average Bonchev–Trinajstić information content (AvgIpc) is 2.52. The molecule has 0 heterocycles. The van der Waals surface area contributed by atoms with Crippen molar-refractivity contribution in [3.63, 3.8) is 0 Å². The molecule has 0 spiro atoms. The summed E-state index contributed by atoms with van der Waals surface area (Å²) in [7, 11) is 1.53. The summed E-state index contributed by atoms with van der Waals surface area (Å²) in [6, 6.07) is 13.5. The van der Waals surface area contributed by atoms with Crippen LogP contribution in [0.25, 0.3) is 0 Å². The van der Waals surface area contributed by atoms with Crippen molar-refractivity contribution >= 4 is 11.9 Å². The van der Waals surface area contributed by atoms with Crippen LogP contribution in [0.3, 0.4) is 0 Å². The van der Waals surface area contributed by atoms with Gasteiger partial charge in [0, 0.05) is 6.21 Å². The van der Waals surface area contributed by atoms with Crippen LogP contribution in [0, 0.1) is 0 Å². The van der Waals surface area contributed by atoms with E-state index in [1.54, 1.807) is 18.3 Å². The van der Waals surface area contributed by atoms with Gasteiger partial charge in [-0.2, -0.15) is 0 Å². The van der Waals surface area contributed by atoms with E-state index >= 15 is 0 Å². The van der Waals surface area contributed by atoms with Crippen molar-refractivity contribution in [2.75, 3.05) is 7.11 Å². The molecule has 0 aliphatic heterocycles. The highest BCUT2D eigenvalue weighted by Crippen LogP contribution is 2.26. The third-order valence-corrected chi connectivity index (χ3v) is 3.64. The molecule has 0 fully saturated rings. The lowest BCUT2D eigenvalue weighted by atomic mass is 9.99. The largest absolute Gasteiger partial charge is 0.504 e. The third-order valence-electron chi connectivity index (χ3n) is 3.64. The fraction of sp³-hybridized carbons (Fsp3) is 0.278. The first-order chi connectivity index (χ1) is 10.1. The van der Waals surface area contributed by atoms with Crippen LogP contribution in [0.1, 0.15) is 37.3 Å². The van der Waals surface area contributed by atoms with Gasteiger partial charge in [-0.05, 0) is 53.8 Å². The van der Waals surface area contributed by atoms with Gasteiger partial charge in [0.2, 0.25) is 0 Å². The fourth-order valence-corrected chi connectivity index (χ4v) is 2.06. The molecule has 21 heavy (non-hydrogen) atoms. The Morgan fingerprint density at radius 1 is 1.19 bits per heavy atom. The summed E-state index contributed by atoms with van der Waals surface area (Å²) in [6.45, 7) is 4.41.